The Balaban J connectivity index is 2.18. The fraction of sp³-hybridized carbons (Fsp3) is 0.308. The molecule has 1 N–H and O–H groups in total. The van der Waals surface area contributed by atoms with Gasteiger partial charge in [0, 0.05) is 11.3 Å². The number of nitrogens with one attached hydrogen (secondary N) is 1. The van der Waals surface area contributed by atoms with E-state index in [1.54, 1.807) is 20.8 Å². The zero-order chi connectivity index (χ0) is 14.8. The molecular formula is C13H14FN3O2S. The summed E-state index contributed by atoms with van der Waals surface area (Å²) >= 11 is 1.08. The van der Waals surface area contributed by atoms with Crippen molar-refractivity contribution in [3.63, 3.8) is 0 Å². The average molecular weight is 295 g/mol. The predicted molar refractivity (Wildman–Crippen MR) is 75.2 cm³/mol. The van der Waals surface area contributed by atoms with Gasteiger partial charge in [0.05, 0.1) is 0 Å². The molecule has 1 aromatic carbocycles. The van der Waals surface area contributed by atoms with Crippen molar-refractivity contribution in [3.05, 3.63) is 30.3 Å². The Labute approximate surface area is 120 Å². The topological polar surface area (TPSA) is 64.1 Å². The van der Waals surface area contributed by atoms with Crippen LogP contribution in [0.25, 0.3) is 10.6 Å². The number of hydrogen-bond acceptors (Lipinski definition) is 5. The SMILES string of the molecule is CC(C)(C)OC(=O)Nc1ccc(F)c(-c2ncns2)c1. The molecule has 5 nitrogen and oxygen atoms in total. The van der Waals surface area contributed by atoms with Crippen LogP contribution in [0.5, 0.6) is 0 Å². The smallest absolute Gasteiger partial charge is 0.412 e. The van der Waals surface area contributed by atoms with Crippen LogP contribution in [-0.2, 0) is 4.74 Å². The Kier molecular flexibility index (Phi) is 3.99. The van der Waals surface area contributed by atoms with Crippen molar-refractivity contribution >= 4 is 23.3 Å². The molecule has 0 aliphatic heterocycles. The molecule has 2 rings (SSSR count). The van der Waals surface area contributed by atoms with E-state index in [0.29, 0.717) is 16.3 Å². The molecule has 0 bridgehead atoms. The highest BCUT2D eigenvalue weighted by atomic mass is 32.1. The van der Waals surface area contributed by atoms with Gasteiger partial charge >= 0.3 is 6.09 Å². The fourth-order valence-electron chi connectivity index (χ4n) is 1.48. The maximum atomic E-state index is 13.7. The quantitative estimate of drug-likeness (QED) is 0.917. The van der Waals surface area contributed by atoms with Crippen molar-refractivity contribution in [2.75, 3.05) is 5.32 Å². The Morgan fingerprint density at radius 1 is 1.40 bits per heavy atom. The number of amides is 1. The Morgan fingerprint density at radius 3 is 2.75 bits per heavy atom. The number of rotatable bonds is 2. The highest BCUT2D eigenvalue weighted by Crippen LogP contribution is 2.26. The molecule has 2 aromatic rings. The highest BCUT2D eigenvalue weighted by Gasteiger charge is 2.17. The van der Waals surface area contributed by atoms with E-state index in [1.165, 1.54) is 24.5 Å². The van der Waals surface area contributed by atoms with Crippen molar-refractivity contribution in [1.29, 1.82) is 0 Å². The highest BCUT2D eigenvalue weighted by molar-refractivity contribution is 7.09. The molecule has 0 aliphatic carbocycles. The number of halogens is 1. The summed E-state index contributed by atoms with van der Waals surface area (Å²) in [6.45, 7) is 5.30. The van der Waals surface area contributed by atoms with Gasteiger partial charge in [-0.15, -0.1) is 0 Å². The van der Waals surface area contributed by atoms with Gasteiger partial charge in [-0.25, -0.2) is 14.2 Å². The molecule has 1 heterocycles. The van der Waals surface area contributed by atoms with E-state index >= 15 is 0 Å². The molecule has 0 radical (unpaired) electrons. The van der Waals surface area contributed by atoms with Gasteiger partial charge in [0.2, 0.25) is 0 Å². The normalized spacial score (nSPS) is 11.2. The van der Waals surface area contributed by atoms with Crippen LogP contribution in [0.1, 0.15) is 20.8 Å². The first-order chi connectivity index (χ1) is 9.35. The van der Waals surface area contributed by atoms with Crippen molar-refractivity contribution in [2.45, 2.75) is 26.4 Å². The standard InChI is InChI=1S/C13H14FN3O2S/c1-13(2,3)19-12(18)17-8-4-5-10(14)9(6-8)11-15-7-16-20-11/h4-7H,1-3H3,(H,17,18). The number of ether oxygens (including phenoxy) is 1. The lowest BCUT2D eigenvalue weighted by Crippen LogP contribution is -2.27. The van der Waals surface area contributed by atoms with E-state index in [-0.39, 0.29) is 0 Å². The van der Waals surface area contributed by atoms with Gasteiger partial charge < -0.3 is 4.74 Å². The van der Waals surface area contributed by atoms with Gasteiger partial charge in [-0.2, -0.15) is 4.37 Å². The minimum atomic E-state index is -0.591. The Hall–Kier alpha value is -2.02. The molecule has 0 fully saturated rings. The summed E-state index contributed by atoms with van der Waals surface area (Å²) < 4.78 is 22.7. The number of benzene rings is 1. The van der Waals surface area contributed by atoms with Crippen LogP contribution in [0.15, 0.2) is 24.5 Å². The number of anilines is 1. The van der Waals surface area contributed by atoms with E-state index in [9.17, 15) is 9.18 Å². The summed E-state index contributed by atoms with van der Waals surface area (Å²) in [4.78, 5) is 15.6. The van der Waals surface area contributed by atoms with Gasteiger partial charge in [0.1, 0.15) is 22.8 Å². The first-order valence-corrected chi connectivity index (χ1v) is 6.69. The number of aromatic nitrogens is 2. The van der Waals surface area contributed by atoms with E-state index in [2.05, 4.69) is 14.7 Å². The van der Waals surface area contributed by atoms with Crippen LogP contribution in [0.3, 0.4) is 0 Å². The van der Waals surface area contributed by atoms with E-state index in [0.717, 1.165) is 11.5 Å². The predicted octanol–water partition coefficient (Wildman–Crippen LogP) is 3.69. The molecule has 0 atom stereocenters. The maximum absolute atomic E-state index is 13.7. The molecule has 0 spiro atoms. The molecule has 0 saturated carbocycles. The molecule has 0 unspecified atom stereocenters. The number of nitrogens with zero attached hydrogens (tertiary/aromatic N) is 2. The lowest BCUT2D eigenvalue weighted by atomic mass is 10.2. The van der Waals surface area contributed by atoms with Crippen LogP contribution < -0.4 is 5.32 Å². The maximum Gasteiger partial charge on any atom is 0.412 e. The second-order valence-corrected chi connectivity index (χ2v) is 5.85. The summed E-state index contributed by atoms with van der Waals surface area (Å²) in [7, 11) is 0. The van der Waals surface area contributed by atoms with Gasteiger partial charge in [0.25, 0.3) is 0 Å². The lowest BCUT2D eigenvalue weighted by molar-refractivity contribution is 0.0636. The molecule has 106 valence electrons. The molecule has 1 aromatic heterocycles. The zero-order valence-electron chi connectivity index (χ0n) is 11.3. The van der Waals surface area contributed by atoms with E-state index in [4.69, 9.17) is 4.74 Å². The minimum Gasteiger partial charge on any atom is -0.444 e. The summed E-state index contributed by atoms with van der Waals surface area (Å²) in [6, 6.07) is 4.23. The van der Waals surface area contributed by atoms with Crippen molar-refractivity contribution in [2.24, 2.45) is 0 Å². The van der Waals surface area contributed by atoms with Crippen molar-refractivity contribution in [3.8, 4) is 10.6 Å². The van der Waals surface area contributed by atoms with Crippen LogP contribution in [0.4, 0.5) is 14.9 Å². The summed E-state index contributed by atoms with van der Waals surface area (Å²) in [5, 5.41) is 3.01. The van der Waals surface area contributed by atoms with Crippen LogP contribution in [0, 0.1) is 5.82 Å². The minimum absolute atomic E-state index is 0.293. The lowest BCUT2D eigenvalue weighted by Gasteiger charge is -2.19. The average Bonchev–Trinajstić information content (AvgIpc) is 2.82. The van der Waals surface area contributed by atoms with Crippen LogP contribution in [0.2, 0.25) is 0 Å². The van der Waals surface area contributed by atoms with Crippen LogP contribution in [-0.4, -0.2) is 21.1 Å². The second kappa shape index (κ2) is 5.54. The van der Waals surface area contributed by atoms with Crippen molar-refractivity contribution < 1.29 is 13.9 Å². The summed E-state index contributed by atoms with van der Waals surface area (Å²) in [5.41, 5.74) is 0.138. The molecule has 7 heteroatoms. The van der Waals surface area contributed by atoms with Gasteiger partial charge in [-0.3, -0.25) is 5.32 Å². The van der Waals surface area contributed by atoms with Crippen molar-refractivity contribution in [1.82, 2.24) is 9.36 Å². The second-order valence-electron chi connectivity index (χ2n) is 5.07. The largest absolute Gasteiger partial charge is 0.444 e. The summed E-state index contributed by atoms with van der Waals surface area (Å²) in [5.74, 6) is -0.420. The number of hydrogen-bond donors (Lipinski definition) is 1. The third-order valence-corrected chi connectivity index (χ3v) is 2.90. The molecule has 0 aliphatic rings. The van der Waals surface area contributed by atoms with Gasteiger partial charge in [0.15, 0.2) is 0 Å². The molecule has 0 saturated heterocycles. The fourth-order valence-corrected chi connectivity index (χ4v) is 2.02. The molecule has 20 heavy (non-hydrogen) atoms. The monoisotopic (exact) mass is 295 g/mol. The van der Waals surface area contributed by atoms with Gasteiger partial charge in [-0.1, -0.05) is 0 Å². The third kappa shape index (κ3) is 3.74. The van der Waals surface area contributed by atoms with E-state index < -0.39 is 17.5 Å². The van der Waals surface area contributed by atoms with E-state index in [1.807, 2.05) is 0 Å². The molecule has 1 amide bonds. The zero-order valence-corrected chi connectivity index (χ0v) is 12.1. The number of carbonyl (C=O) groups excluding carboxylic acids is 1. The summed E-state index contributed by atoms with van der Waals surface area (Å²) in [6.07, 6.45) is 0.764. The number of carbonyl (C=O) groups is 1. The molecular weight excluding hydrogens is 281 g/mol. The first kappa shape index (κ1) is 14.4. The Bertz CT molecular complexity index is 609. The third-order valence-electron chi connectivity index (χ3n) is 2.20. The van der Waals surface area contributed by atoms with Crippen LogP contribution >= 0.6 is 11.5 Å². The Morgan fingerprint density at radius 2 is 2.15 bits per heavy atom. The van der Waals surface area contributed by atoms with Gasteiger partial charge in [-0.05, 0) is 50.5 Å². The first-order valence-electron chi connectivity index (χ1n) is 5.92.